The Morgan fingerprint density at radius 3 is 2.15 bits per heavy atom. The second kappa shape index (κ2) is 5.85. The van der Waals surface area contributed by atoms with Crippen molar-refractivity contribution in [3.63, 3.8) is 0 Å². The van der Waals surface area contributed by atoms with E-state index in [-0.39, 0.29) is 12.1 Å². The molecule has 4 nitrogen and oxygen atoms in total. The quantitative estimate of drug-likeness (QED) is 0.361. The standard InChI is InChI=1S/C8H17N3OS/c1-5(2)9-7(10-6(3)4)11-8(12)13/h5-6H,1-4H3,(H3,9,10,11,12,13). The third-order valence-electron chi connectivity index (χ3n) is 1.04. The minimum Gasteiger partial charge on any atom is -0.354 e. The van der Waals surface area contributed by atoms with Gasteiger partial charge in [-0.1, -0.05) is 12.6 Å². The first-order valence-corrected chi connectivity index (χ1v) is 4.70. The van der Waals surface area contributed by atoms with Gasteiger partial charge in [0.2, 0.25) is 0 Å². The summed E-state index contributed by atoms with van der Waals surface area (Å²) in [4.78, 5) is 14.8. The fourth-order valence-electron chi connectivity index (χ4n) is 0.739. The molecule has 0 aliphatic carbocycles. The van der Waals surface area contributed by atoms with Gasteiger partial charge in [0.1, 0.15) is 0 Å². The molecule has 0 saturated heterocycles. The monoisotopic (exact) mass is 203 g/mol. The second-order valence-corrected chi connectivity index (χ2v) is 3.71. The van der Waals surface area contributed by atoms with Crippen molar-refractivity contribution in [1.82, 2.24) is 10.6 Å². The van der Waals surface area contributed by atoms with Crippen molar-refractivity contribution < 1.29 is 4.79 Å². The smallest absolute Gasteiger partial charge is 0.282 e. The molecule has 5 heteroatoms. The first-order valence-electron chi connectivity index (χ1n) is 4.26. The summed E-state index contributed by atoms with van der Waals surface area (Å²) in [6.45, 7) is 7.82. The highest BCUT2D eigenvalue weighted by Crippen LogP contribution is 1.88. The molecule has 0 fully saturated rings. The van der Waals surface area contributed by atoms with Crippen molar-refractivity contribution in [2.24, 2.45) is 4.99 Å². The zero-order chi connectivity index (χ0) is 10.4. The lowest BCUT2D eigenvalue weighted by atomic mass is 10.4. The van der Waals surface area contributed by atoms with E-state index in [1.165, 1.54) is 0 Å². The molecular weight excluding hydrogens is 186 g/mol. The van der Waals surface area contributed by atoms with Gasteiger partial charge in [-0.25, -0.2) is 0 Å². The summed E-state index contributed by atoms with van der Waals surface area (Å²) < 4.78 is 0. The fraction of sp³-hybridized carbons (Fsp3) is 0.750. The average molecular weight is 203 g/mol. The van der Waals surface area contributed by atoms with Crippen LogP contribution in [0.25, 0.3) is 0 Å². The minimum absolute atomic E-state index is 0.140. The molecular formula is C8H17N3OS. The van der Waals surface area contributed by atoms with E-state index in [0.29, 0.717) is 5.96 Å². The van der Waals surface area contributed by atoms with Gasteiger partial charge in [0.15, 0.2) is 5.96 Å². The van der Waals surface area contributed by atoms with Crippen LogP contribution in [0.1, 0.15) is 27.7 Å². The maximum absolute atomic E-state index is 10.6. The summed E-state index contributed by atoms with van der Waals surface area (Å²) >= 11 is 3.61. The Kier molecular flexibility index (Phi) is 5.53. The first-order chi connectivity index (χ1) is 5.91. The van der Waals surface area contributed by atoms with Gasteiger partial charge in [-0.3, -0.25) is 15.1 Å². The molecule has 0 heterocycles. The highest BCUT2D eigenvalue weighted by atomic mass is 32.1. The summed E-state index contributed by atoms with van der Waals surface area (Å²) in [6, 6.07) is 0.374. The summed E-state index contributed by atoms with van der Waals surface area (Å²) in [5, 5.41) is 5.11. The molecule has 0 aliphatic rings. The number of hydrogen-bond acceptors (Lipinski definition) is 2. The predicted octanol–water partition coefficient (Wildman–Crippen LogP) is 1.39. The van der Waals surface area contributed by atoms with E-state index >= 15 is 0 Å². The van der Waals surface area contributed by atoms with Crippen LogP contribution in [0.3, 0.4) is 0 Å². The van der Waals surface area contributed by atoms with Crippen molar-refractivity contribution in [1.29, 1.82) is 0 Å². The van der Waals surface area contributed by atoms with Gasteiger partial charge in [-0.05, 0) is 27.7 Å². The third-order valence-corrected chi connectivity index (χ3v) is 1.15. The van der Waals surface area contributed by atoms with Crippen LogP contribution in [-0.4, -0.2) is 23.3 Å². The van der Waals surface area contributed by atoms with E-state index in [4.69, 9.17) is 0 Å². The van der Waals surface area contributed by atoms with Crippen LogP contribution in [0.2, 0.25) is 0 Å². The normalized spacial score (nSPS) is 12.1. The summed E-state index contributed by atoms with van der Waals surface area (Å²) in [5.41, 5.74) is 0. The maximum atomic E-state index is 10.6. The number of guanidine groups is 1. The van der Waals surface area contributed by atoms with Gasteiger partial charge in [0.05, 0.1) is 0 Å². The lowest BCUT2D eigenvalue weighted by molar-refractivity contribution is 0.264. The van der Waals surface area contributed by atoms with E-state index in [1.807, 2.05) is 27.7 Å². The molecule has 0 unspecified atom stereocenters. The van der Waals surface area contributed by atoms with Crippen molar-refractivity contribution >= 4 is 23.8 Å². The van der Waals surface area contributed by atoms with E-state index < -0.39 is 5.24 Å². The Morgan fingerprint density at radius 1 is 1.31 bits per heavy atom. The molecule has 0 atom stereocenters. The zero-order valence-electron chi connectivity index (χ0n) is 8.46. The van der Waals surface area contributed by atoms with Crippen molar-refractivity contribution in [3.05, 3.63) is 0 Å². The van der Waals surface area contributed by atoms with Gasteiger partial charge >= 0.3 is 0 Å². The predicted molar refractivity (Wildman–Crippen MR) is 58.4 cm³/mol. The van der Waals surface area contributed by atoms with Crippen molar-refractivity contribution in [2.75, 3.05) is 0 Å². The Balaban J connectivity index is 4.27. The summed E-state index contributed by atoms with van der Waals surface area (Å²) in [5.74, 6) is 0.477. The Labute approximate surface area is 84.6 Å². The van der Waals surface area contributed by atoms with E-state index in [0.717, 1.165) is 0 Å². The van der Waals surface area contributed by atoms with Crippen molar-refractivity contribution in [3.8, 4) is 0 Å². The molecule has 0 aromatic carbocycles. The molecule has 0 rings (SSSR count). The Bertz CT molecular complexity index is 202. The van der Waals surface area contributed by atoms with Crippen LogP contribution in [0, 0.1) is 0 Å². The van der Waals surface area contributed by atoms with Crippen LogP contribution in [0.5, 0.6) is 0 Å². The van der Waals surface area contributed by atoms with Crippen LogP contribution < -0.4 is 10.6 Å². The van der Waals surface area contributed by atoms with Crippen LogP contribution in [-0.2, 0) is 0 Å². The highest BCUT2D eigenvalue weighted by Gasteiger charge is 2.03. The molecule has 0 spiro atoms. The Morgan fingerprint density at radius 2 is 1.85 bits per heavy atom. The lowest BCUT2D eigenvalue weighted by Crippen LogP contribution is -2.42. The number of nitrogens with zero attached hydrogens (tertiary/aromatic N) is 1. The number of nitrogens with one attached hydrogen (secondary N) is 2. The number of rotatable bonds is 2. The molecule has 0 saturated carbocycles. The van der Waals surface area contributed by atoms with E-state index in [9.17, 15) is 4.79 Å². The molecule has 0 aromatic rings. The molecule has 0 aliphatic heterocycles. The Hall–Kier alpha value is -0.710. The SMILES string of the molecule is CC(C)N=C(NC(=O)S)NC(C)C. The molecule has 0 aromatic heterocycles. The van der Waals surface area contributed by atoms with Gasteiger partial charge in [0, 0.05) is 12.1 Å². The number of aliphatic imine (C=N–C) groups is 1. The van der Waals surface area contributed by atoms with Gasteiger partial charge < -0.3 is 5.32 Å². The zero-order valence-corrected chi connectivity index (χ0v) is 9.35. The highest BCUT2D eigenvalue weighted by molar-refractivity contribution is 7.96. The largest absolute Gasteiger partial charge is 0.354 e. The summed E-state index contributed by atoms with van der Waals surface area (Å²) in [7, 11) is 0. The summed E-state index contributed by atoms with van der Waals surface area (Å²) in [6.07, 6.45) is 0. The van der Waals surface area contributed by atoms with Crippen LogP contribution in [0.15, 0.2) is 4.99 Å². The number of carbonyl (C=O) groups excluding carboxylic acids is 1. The second-order valence-electron chi connectivity index (χ2n) is 3.30. The minimum atomic E-state index is -0.410. The number of thiol groups is 1. The molecule has 13 heavy (non-hydrogen) atoms. The molecule has 0 bridgehead atoms. The van der Waals surface area contributed by atoms with Gasteiger partial charge in [0.25, 0.3) is 5.24 Å². The fourth-order valence-corrected chi connectivity index (χ4v) is 0.844. The van der Waals surface area contributed by atoms with Crippen LogP contribution in [0.4, 0.5) is 4.79 Å². The molecule has 2 N–H and O–H groups in total. The van der Waals surface area contributed by atoms with E-state index in [2.05, 4.69) is 28.3 Å². The van der Waals surface area contributed by atoms with Gasteiger partial charge in [-0.15, -0.1) is 0 Å². The number of hydrogen-bond donors (Lipinski definition) is 3. The lowest BCUT2D eigenvalue weighted by Gasteiger charge is -2.13. The third kappa shape index (κ3) is 7.64. The number of carbonyl (C=O) groups is 1. The van der Waals surface area contributed by atoms with E-state index in [1.54, 1.807) is 0 Å². The molecule has 0 radical (unpaired) electrons. The first kappa shape index (κ1) is 12.3. The van der Waals surface area contributed by atoms with Gasteiger partial charge in [-0.2, -0.15) is 0 Å². The molecule has 1 amide bonds. The average Bonchev–Trinajstić information content (AvgIpc) is 1.80. The van der Waals surface area contributed by atoms with Crippen LogP contribution >= 0.6 is 12.6 Å². The van der Waals surface area contributed by atoms with Crippen molar-refractivity contribution in [2.45, 2.75) is 39.8 Å². The maximum Gasteiger partial charge on any atom is 0.282 e. The number of amides is 1. The molecule has 76 valence electrons. The topological polar surface area (TPSA) is 53.5 Å².